The Kier molecular flexibility index (Phi) is 3.37. The molecule has 122 valence electrons. The predicted octanol–water partition coefficient (Wildman–Crippen LogP) is 1.04. The highest BCUT2D eigenvalue weighted by molar-refractivity contribution is 5.86. The van der Waals surface area contributed by atoms with Crippen LogP contribution in [0.15, 0.2) is 24.5 Å². The highest BCUT2D eigenvalue weighted by Crippen LogP contribution is 2.42. The zero-order valence-electron chi connectivity index (χ0n) is 13.2. The number of nitrogens with one attached hydrogen (secondary N) is 1. The van der Waals surface area contributed by atoms with E-state index in [2.05, 4.69) is 10.3 Å². The molecule has 0 bridgehead atoms. The van der Waals surface area contributed by atoms with Crippen LogP contribution in [-0.2, 0) is 14.3 Å². The normalized spacial score (nSPS) is 29.3. The van der Waals surface area contributed by atoms with Crippen molar-refractivity contribution in [3.63, 3.8) is 0 Å². The van der Waals surface area contributed by atoms with Gasteiger partial charge in [-0.15, -0.1) is 0 Å². The van der Waals surface area contributed by atoms with E-state index < -0.39 is 5.41 Å². The van der Waals surface area contributed by atoms with Gasteiger partial charge in [0.2, 0.25) is 11.8 Å². The lowest BCUT2D eigenvalue weighted by atomic mass is 9.87. The van der Waals surface area contributed by atoms with Gasteiger partial charge in [-0.2, -0.15) is 0 Å². The molecule has 1 aromatic heterocycles. The molecule has 0 unspecified atom stereocenters. The number of likely N-dealkylation sites (tertiary alicyclic amines) is 1. The molecule has 1 N–H and O–H groups in total. The number of nitrogens with zero attached hydrogens (tertiary/aromatic N) is 2. The summed E-state index contributed by atoms with van der Waals surface area (Å²) < 4.78 is 5.18. The van der Waals surface area contributed by atoms with Gasteiger partial charge >= 0.3 is 0 Å². The molecule has 3 heterocycles. The van der Waals surface area contributed by atoms with E-state index in [9.17, 15) is 9.59 Å². The van der Waals surface area contributed by atoms with Crippen molar-refractivity contribution in [2.45, 2.75) is 44.3 Å². The van der Waals surface area contributed by atoms with Crippen molar-refractivity contribution in [2.24, 2.45) is 5.41 Å². The average molecular weight is 315 g/mol. The minimum atomic E-state index is -0.463. The standard InChI is InChI=1S/C17H21N3O3/c1-17(9-23-10-17)16(22)19-13-7-14(21)20(12-4-5-12)15(13)11-3-2-6-18-8-11/h2-3,6,8,12-13,15H,4-5,7,9-10H2,1H3,(H,19,22)/t13-,15+/m1/s1. The van der Waals surface area contributed by atoms with Crippen LogP contribution in [0.4, 0.5) is 0 Å². The first-order chi connectivity index (χ1) is 11.1. The quantitative estimate of drug-likeness (QED) is 0.901. The van der Waals surface area contributed by atoms with Gasteiger partial charge in [-0.25, -0.2) is 0 Å². The summed E-state index contributed by atoms with van der Waals surface area (Å²) in [5, 5.41) is 3.10. The minimum Gasteiger partial charge on any atom is -0.379 e. The Labute approximate surface area is 135 Å². The largest absolute Gasteiger partial charge is 0.379 e. The van der Waals surface area contributed by atoms with Gasteiger partial charge in [-0.05, 0) is 31.4 Å². The van der Waals surface area contributed by atoms with Crippen LogP contribution in [0.3, 0.4) is 0 Å². The summed E-state index contributed by atoms with van der Waals surface area (Å²) in [4.78, 5) is 31.2. The molecule has 1 aromatic rings. The molecule has 1 aliphatic carbocycles. The molecule has 2 amide bonds. The van der Waals surface area contributed by atoms with Gasteiger partial charge in [0.1, 0.15) is 0 Å². The SMILES string of the molecule is CC1(C(=O)N[C@@H]2CC(=O)N(C3CC3)[C@H]2c2cccnc2)COC1. The van der Waals surface area contributed by atoms with Crippen molar-refractivity contribution in [3.8, 4) is 0 Å². The van der Waals surface area contributed by atoms with E-state index in [0.29, 0.717) is 25.7 Å². The molecule has 6 heteroatoms. The van der Waals surface area contributed by atoms with Gasteiger partial charge < -0.3 is 15.0 Å². The number of aromatic nitrogens is 1. The van der Waals surface area contributed by atoms with E-state index in [0.717, 1.165) is 18.4 Å². The monoisotopic (exact) mass is 315 g/mol. The van der Waals surface area contributed by atoms with E-state index in [1.807, 2.05) is 24.0 Å². The highest BCUT2D eigenvalue weighted by atomic mass is 16.5. The second-order valence-electron chi connectivity index (χ2n) is 7.10. The predicted molar refractivity (Wildman–Crippen MR) is 82.3 cm³/mol. The molecule has 2 atom stereocenters. The summed E-state index contributed by atoms with van der Waals surface area (Å²) in [6.07, 6.45) is 5.98. The third-order valence-corrected chi connectivity index (χ3v) is 5.04. The lowest BCUT2D eigenvalue weighted by Crippen LogP contribution is -2.55. The maximum atomic E-state index is 12.5. The van der Waals surface area contributed by atoms with Crippen LogP contribution in [0, 0.1) is 5.41 Å². The van der Waals surface area contributed by atoms with Gasteiger partial charge in [-0.1, -0.05) is 6.07 Å². The molecule has 23 heavy (non-hydrogen) atoms. The molecular formula is C17H21N3O3. The second kappa shape index (κ2) is 5.30. The zero-order chi connectivity index (χ0) is 16.0. The van der Waals surface area contributed by atoms with Gasteiger partial charge in [0.15, 0.2) is 0 Å². The zero-order valence-corrected chi connectivity index (χ0v) is 13.2. The second-order valence-corrected chi connectivity index (χ2v) is 7.10. The first kappa shape index (κ1) is 14.6. The molecule has 4 rings (SSSR count). The fourth-order valence-electron chi connectivity index (χ4n) is 3.49. The molecule has 0 spiro atoms. The molecular weight excluding hydrogens is 294 g/mol. The van der Waals surface area contributed by atoms with E-state index in [1.165, 1.54) is 0 Å². The Morgan fingerprint density at radius 1 is 1.43 bits per heavy atom. The number of carbonyl (C=O) groups is 2. The smallest absolute Gasteiger partial charge is 0.230 e. The van der Waals surface area contributed by atoms with Crippen molar-refractivity contribution in [1.29, 1.82) is 0 Å². The van der Waals surface area contributed by atoms with Crippen LogP contribution in [-0.4, -0.2) is 47.0 Å². The minimum absolute atomic E-state index is 0.0203. The fraction of sp³-hybridized carbons (Fsp3) is 0.588. The van der Waals surface area contributed by atoms with Crippen molar-refractivity contribution in [2.75, 3.05) is 13.2 Å². The van der Waals surface area contributed by atoms with Gasteiger partial charge in [0.25, 0.3) is 0 Å². The van der Waals surface area contributed by atoms with Crippen LogP contribution in [0.1, 0.15) is 37.8 Å². The summed E-state index contributed by atoms with van der Waals surface area (Å²) in [6, 6.07) is 3.87. The molecule has 3 aliphatic rings. The van der Waals surface area contributed by atoms with E-state index in [4.69, 9.17) is 4.74 Å². The lowest BCUT2D eigenvalue weighted by Gasteiger charge is -2.38. The maximum Gasteiger partial charge on any atom is 0.230 e. The summed E-state index contributed by atoms with van der Waals surface area (Å²) >= 11 is 0. The number of amides is 2. The maximum absolute atomic E-state index is 12.5. The van der Waals surface area contributed by atoms with Crippen LogP contribution in [0.5, 0.6) is 0 Å². The molecule has 2 saturated heterocycles. The third-order valence-electron chi connectivity index (χ3n) is 5.04. The molecule has 3 fully saturated rings. The molecule has 0 aromatic carbocycles. The van der Waals surface area contributed by atoms with Crippen LogP contribution in [0.25, 0.3) is 0 Å². The molecule has 1 saturated carbocycles. The number of hydrogen-bond donors (Lipinski definition) is 1. The number of hydrogen-bond acceptors (Lipinski definition) is 4. The Morgan fingerprint density at radius 2 is 2.22 bits per heavy atom. The number of pyridine rings is 1. The van der Waals surface area contributed by atoms with E-state index in [-0.39, 0.29) is 23.9 Å². The van der Waals surface area contributed by atoms with Crippen LogP contribution in [0.2, 0.25) is 0 Å². The van der Waals surface area contributed by atoms with Gasteiger partial charge in [0.05, 0.1) is 30.7 Å². The van der Waals surface area contributed by atoms with Gasteiger partial charge in [-0.3, -0.25) is 14.6 Å². The average Bonchev–Trinajstić information content (AvgIpc) is 3.30. The number of carbonyl (C=O) groups excluding carboxylic acids is 2. The van der Waals surface area contributed by atoms with Gasteiger partial charge in [0, 0.05) is 24.9 Å². The van der Waals surface area contributed by atoms with Crippen molar-refractivity contribution in [3.05, 3.63) is 30.1 Å². The van der Waals surface area contributed by atoms with E-state index >= 15 is 0 Å². The van der Waals surface area contributed by atoms with Crippen molar-refractivity contribution in [1.82, 2.24) is 15.2 Å². The summed E-state index contributed by atoms with van der Waals surface area (Å²) in [7, 11) is 0. The van der Waals surface area contributed by atoms with Crippen molar-refractivity contribution >= 4 is 11.8 Å². The van der Waals surface area contributed by atoms with Crippen LogP contribution >= 0.6 is 0 Å². The van der Waals surface area contributed by atoms with E-state index in [1.54, 1.807) is 12.4 Å². The first-order valence-corrected chi connectivity index (χ1v) is 8.18. The van der Waals surface area contributed by atoms with Crippen LogP contribution < -0.4 is 5.32 Å². The molecule has 2 aliphatic heterocycles. The Morgan fingerprint density at radius 3 is 2.78 bits per heavy atom. The summed E-state index contributed by atoms with van der Waals surface area (Å²) in [5.74, 6) is 0.106. The topological polar surface area (TPSA) is 71.5 Å². The fourth-order valence-corrected chi connectivity index (χ4v) is 3.49. The summed E-state index contributed by atoms with van der Waals surface area (Å²) in [5.41, 5.74) is 0.528. The summed E-state index contributed by atoms with van der Waals surface area (Å²) in [6.45, 7) is 2.80. The Bertz CT molecular complexity index is 625. The lowest BCUT2D eigenvalue weighted by molar-refractivity contribution is -0.158. The van der Waals surface area contributed by atoms with Crippen molar-refractivity contribution < 1.29 is 14.3 Å². The third kappa shape index (κ3) is 2.51. The molecule has 6 nitrogen and oxygen atoms in total. The molecule has 0 radical (unpaired) electrons. The highest BCUT2D eigenvalue weighted by Gasteiger charge is 2.50. The number of rotatable bonds is 4. The first-order valence-electron chi connectivity index (χ1n) is 8.18. The Hall–Kier alpha value is -1.95. The Balaban J connectivity index is 1.59. The number of ether oxygens (including phenoxy) is 1.